The van der Waals surface area contributed by atoms with E-state index in [1.54, 1.807) is 6.92 Å². The Bertz CT molecular complexity index is 403. The molecule has 100 valence electrons. The minimum Gasteiger partial charge on any atom is -0.456 e. The summed E-state index contributed by atoms with van der Waals surface area (Å²) in [5.74, 6) is -0.733. The van der Waals surface area contributed by atoms with Crippen molar-refractivity contribution in [2.24, 2.45) is 5.73 Å². The van der Waals surface area contributed by atoms with Gasteiger partial charge >= 0.3 is 5.97 Å². The van der Waals surface area contributed by atoms with Gasteiger partial charge in [0.2, 0.25) is 0 Å². The molecular formula is C10H19NO5S. The zero-order chi connectivity index (χ0) is 13.9. The Kier molecular flexibility index (Phi) is 5.31. The Morgan fingerprint density at radius 3 is 2.24 bits per heavy atom. The fraction of sp³-hybridized carbons (Fsp3) is 0.700. The lowest BCUT2D eigenvalue weighted by Gasteiger charge is -2.32. The summed E-state index contributed by atoms with van der Waals surface area (Å²) in [6, 6.07) is 0. The molecule has 0 heterocycles. The molecule has 6 nitrogen and oxygen atoms in total. The van der Waals surface area contributed by atoms with Gasteiger partial charge in [0.05, 0.1) is 0 Å². The van der Waals surface area contributed by atoms with Crippen LogP contribution in [0, 0.1) is 0 Å². The lowest BCUT2D eigenvalue weighted by atomic mass is 10.1. The maximum Gasteiger partial charge on any atom is 0.333 e. The molecule has 7 heteroatoms. The van der Waals surface area contributed by atoms with Crippen LogP contribution in [-0.4, -0.2) is 29.9 Å². The van der Waals surface area contributed by atoms with Crippen LogP contribution in [0.3, 0.4) is 0 Å². The second kappa shape index (κ2) is 5.61. The molecule has 0 aromatic carbocycles. The average Bonchev–Trinajstić information content (AvgIpc) is 2.22. The fourth-order valence-corrected chi connectivity index (χ4v) is 2.25. The summed E-state index contributed by atoms with van der Waals surface area (Å²) in [7, 11) is -4.53. The largest absolute Gasteiger partial charge is 0.456 e. The maximum atomic E-state index is 11.3. The highest BCUT2D eigenvalue weighted by molar-refractivity contribution is 7.87. The molecule has 0 aromatic rings. The molecule has 17 heavy (non-hydrogen) atoms. The van der Waals surface area contributed by atoms with E-state index in [9.17, 15) is 13.2 Å². The first-order valence-corrected chi connectivity index (χ1v) is 6.66. The Labute approximate surface area is 102 Å². The Morgan fingerprint density at radius 1 is 1.53 bits per heavy atom. The molecule has 0 saturated heterocycles. The molecule has 0 radical (unpaired) electrons. The van der Waals surface area contributed by atoms with Crippen LogP contribution in [-0.2, 0) is 19.6 Å². The predicted octanol–water partition coefficient (Wildman–Crippen LogP) is 0.837. The molecule has 0 bridgehead atoms. The number of carbonyl (C=O) groups is 1. The molecule has 2 unspecified atom stereocenters. The third-order valence-electron chi connectivity index (χ3n) is 2.55. The van der Waals surface area contributed by atoms with Crippen LogP contribution >= 0.6 is 0 Å². The summed E-state index contributed by atoms with van der Waals surface area (Å²) in [6.45, 7) is 7.92. The molecule has 0 aliphatic carbocycles. The van der Waals surface area contributed by atoms with Crippen molar-refractivity contribution in [2.45, 2.75) is 44.6 Å². The van der Waals surface area contributed by atoms with Crippen LogP contribution in [0.5, 0.6) is 0 Å². The fourth-order valence-electron chi connectivity index (χ4n) is 1.33. The van der Waals surface area contributed by atoms with E-state index < -0.39 is 27.1 Å². The Balaban J connectivity index is 5.23. The molecule has 3 N–H and O–H groups in total. The van der Waals surface area contributed by atoms with Crippen molar-refractivity contribution in [3.05, 3.63) is 12.2 Å². The minimum atomic E-state index is -4.53. The van der Waals surface area contributed by atoms with Gasteiger partial charge in [0.15, 0.2) is 4.87 Å². The monoisotopic (exact) mass is 265 g/mol. The van der Waals surface area contributed by atoms with Crippen molar-refractivity contribution >= 4 is 16.1 Å². The Hall–Kier alpha value is -0.920. The highest BCUT2D eigenvalue weighted by Gasteiger charge is 2.46. The van der Waals surface area contributed by atoms with E-state index in [0.29, 0.717) is 0 Å². The van der Waals surface area contributed by atoms with Crippen LogP contribution in [0.2, 0.25) is 0 Å². The average molecular weight is 265 g/mol. The van der Waals surface area contributed by atoms with Gasteiger partial charge in [-0.25, -0.2) is 4.79 Å². The lowest BCUT2D eigenvalue weighted by molar-refractivity contribution is -0.146. The third kappa shape index (κ3) is 3.52. The van der Waals surface area contributed by atoms with E-state index in [2.05, 4.69) is 6.58 Å². The number of hydrogen-bond acceptors (Lipinski definition) is 5. The van der Waals surface area contributed by atoms with Crippen molar-refractivity contribution in [3.8, 4) is 0 Å². The van der Waals surface area contributed by atoms with Crippen LogP contribution in [0.4, 0.5) is 0 Å². The molecular weight excluding hydrogens is 246 g/mol. The summed E-state index contributed by atoms with van der Waals surface area (Å²) >= 11 is 0. The predicted molar refractivity (Wildman–Crippen MR) is 63.7 cm³/mol. The smallest absolute Gasteiger partial charge is 0.333 e. The molecule has 0 aliphatic rings. The molecule has 0 amide bonds. The molecule has 0 aliphatic heterocycles. The number of esters is 1. The first kappa shape index (κ1) is 16.1. The topological polar surface area (TPSA) is 107 Å². The van der Waals surface area contributed by atoms with Crippen LogP contribution in [0.1, 0.15) is 33.6 Å². The first-order chi connectivity index (χ1) is 7.60. The van der Waals surface area contributed by atoms with Crippen molar-refractivity contribution in [2.75, 3.05) is 0 Å². The standard InChI is InChI=1S/C10H19NO5S/c1-5-8(16-9(12)7(3)4)10(11,6-2)17(13,14)15/h8H,3,5-6,11H2,1-2,4H3,(H,13,14,15). The van der Waals surface area contributed by atoms with Gasteiger partial charge in [0.25, 0.3) is 10.1 Å². The quantitative estimate of drug-likeness (QED) is 0.418. The van der Waals surface area contributed by atoms with Gasteiger partial charge in [-0.3, -0.25) is 4.55 Å². The third-order valence-corrected chi connectivity index (χ3v) is 4.06. The normalized spacial score (nSPS) is 17.0. The van der Waals surface area contributed by atoms with Crippen LogP contribution in [0.25, 0.3) is 0 Å². The van der Waals surface area contributed by atoms with E-state index in [1.165, 1.54) is 13.8 Å². The van der Waals surface area contributed by atoms with Crippen molar-refractivity contribution in [3.63, 3.8) is 0 Å². The molecule has 0 rings (SSSR count). The highest BCUT2D eigenvalue weighted by atomic mass is 32.2. The SMILES string of the molecule is C=C(C)C(=O)OC(CC)C(N)(CC)S(=O)(=O)O. The summed E-state index contributed by atoms with van der Waals surface area (Å²) in [5.41, 5.74) is 5.77. The summed E-state index contributed by atoms with van der Waals surface area (Å²) in [4.78, 5) is 9.35. The Morgan fingerprint density at radius 2 is 2.00 bits per heavy atom. The number of hydrogen-bond donors (Lipinski definition) is 2. The van der Waals surface area contributed by atoms with E-state index in [1.807, 2.05) is 0 Å². The molecule has 2 atom stereocenters. The van der Waals surface area contributed by atoms with E-state index in [0.717, 1.165) is 0 Å². The number of ether oxygens (including phenoxy) is 1. The van der Waals surface area contributed by atoms with Gasteiger partial charge in [0, 0.05) is 5.57 Å². The minimum absolute atomic E-state index is 0.0756. The first-order valence-electron chi connectivity index (χ1n) is 5.22. The summed E-state index contributed by atoms with van der Waals surface area (Å²) < 4.78 is 36.6. The van der Waals surface area contributed by atoms with Crippen molar-refractivity contribution in [1.82, 2.24) is 0 Å². The number of nitrogens with two attached hydrogens (primary N) is 1. The molecule has 0 aromatic heterocycles. The highest BCUT2D eigenvalue weighted by Crippen LogP contribution is 2.24. The summed E-state index contributed by atoms with van der Waals surface area (Å²) in [6.07, 6.45) is -1.02. The van der Waals surface area contributed by atoms with Gasteiger partial charge < -0.3 is 10.5 Å². The second-order valence-corrected chi connectivity index (χ2v) is 5.58. The van der Waals surface area contributed by atoms with Gasteiger partial charge in [-0.05, 0) is 19.8 Å². The lowest BCUT2D eigenvalue weighted by Crippen LogP contribution is -2.57. The van der Waals surface area contributed by atoms with Gasteiger partial charge in [0.1, 0.15) is 6.10 Å². The zero-order valence-electron chi connectivity index (χ0n) is 10.3. The van der Waals surface area contributed by atoms with E-state index >= 15 is 0 Å². The maximum absolute atomic E-state index is 11.3. The molecule has 0 fully saturated rings. The van der Waals surface area contributed by atoms with Crippen molar-refractivity contribution in [1.29, 1.82) is 0 Å². The van der Waals surface area contributed by atoms with Crippen LogP contribution < -0.4 is 5.73 Å². The van der Waals surface area contributed by atoms with Gasteiger partial charge in [-0.15, -0.1) is 0 Å². The number of rotatable bonds is 6. The van der Waals surface area contributed by atoms with E-state index in [4.69, 9.17) is 15.0 Å². The van der Waals surface area contributed by atoms with Crippen molar-refractivity contribution < 1.29 is 22.5 Å². The van der Waals surface area contributed by atoms with Crippen LogP contribution in [0.15, 0.2) is 12.2 Å². The van der Waals surface area contributed by atoms with E-state index in [-0.39, 0.29) is 18.4 Å². The molecule has 0 spiro atoms. The second-order valence-electron chi connectivity index (χ2n) is 3.87. The number of carbonyl (C=O) groups excluding carboxylic acids is 1. The molecule has 0 saturated carbocycles. The van der Waals surface area contributed by atoms with Gasteiger partial charge in [-0.1, -0.05) is 20.4 Å². The zero-order valence-corrected chi connectivity index (χ0v) is 11.1. The van der Waals surface area contributed by atoms with Gasteiger partial charge in [-0.2, -0.15) is 8.42 Å². The summed E-state index contributed by atoms with van der Waals surface area (Å²) in [5, 5.41) is 0.